The number of aromatic hydroxyl groups is 2. The molecule has 0 unspecified atom stereocenters. The third kappa shape index (κ3) is 6.91. The van der Waals surface area contributed by atoms with Crippen molar-refractivity contribution in [3.8, 4) is 11.5 Å². The fourth-order valence-electron chi connectivity index (χ4n) is 1.45. The molecule has 0 radical (unpaired) electrons. The van der Waals surface area contributed by atoms with Crippen molar-refractivity contribution in [2.45, 2.75) is 6.18 Å². The molecule has 2 rings (SSSR count). The summed E-state index contributed by atoms with van der Waals surface area (Å²) in [6.07, 6.45) is -3.64. The summed E-state index contributed by atoms with van der Waals surface area (Å²) in [5.74, 6) is -3.18. The fourth-order valence-corrected chi connectivity index (χ4v) is 1.45. The maximum absolute atomic E-state index is 11.7. The molecule has 0 bridgehead atoms. The molecule has 0 aliphatic rings. The second-order valence-electron chi connectivity index (χ2n) is 4.61. The van der Waals surface area contributed by atoms with E-state index in [9.17, 15) is 23.1 Å². The second kappa shape index (κ2) is 9.06. The van der Waals surface area contributed by atoms with Gasteiger partial charge in [-0.3, -0.25) is 4.79 Å². The Hall–Kier alpha value is -3.56. The van der Waals surface area contributed by atoms with Crippen LogP contribution in [0.5, 0.6) is 11.5 Å². The Labute approximate surface area is 145 Å². The van der Waals surface area contributed by atoms with Gasteiger partial charge in [0.1, 0.15) is 11.5 Å². The second-order valence-corrected chi connectivity index (χ2v) is 4.61. The number of carboxylic acids is 1. The minimum Gasteiger partial charge on any atom is -0.508 e. The molecule has 4 N–H and O–H groups in total. The third-order valence-electron chi connectivity index (χ3n) is 2.66. The number of hydrogen-bond donors (Lipinski definition) is 4. The average Bonchev–Trinajstić information content (AvgIpc) is 2.56. The maximum atomic E-state index is 11.7. The number of phenols is 2. The molecule has 0 atom stereocenters. The molecule has 2 aromatic rings. The number of carbonyl (C=O) groups is 2. The van der Waals surface area contributed by atoms with Gasteiger partial charge in [-0.2, -0.15) is 18.3 Å². The summed E-state index contributed by atoms with van der Waals surface area (Å²) < 4.78 is 31.7. The molecule has 2 aromatic carbocycles. The lowest BCUT2D eigenvalue weighted by Crippen LogP contribution is -2.21. The SMILES string of the molecule is O=C(N/N=C/c1ccc(O)cc1)c1ccccc1O.O=C(O)C(F)(F)F. The van der Waals surface area contributed by atoms with E-state index in [2.05, 4.69) is 10.5 Å². The van der Waals surface area contributed by atoms with Gasteiger partial charge in [0, 0.05) is 0 Å². The summed E-state index contributed by atoms with van der Waals surface area (Å²) in [6, 6.07) is 12.6. The van der Waals surface area contributed by atoms with Gasteiger partial charge in [0.2, 0.25) is 0 Å². The van der Waals surface area contributed by atoms with Crippen molar-refractivity contribution in [1.29, 1.82) is 0 Å². The van der Waals surface area contributed by atoms with Gasteiger partial charge < -0.3 is 15.3 Å². The summed E-state index contributed by atoms with van der Waals surface area (Å²) >= 11 is 0. The number of halogens is 3. The van der Waals surface area contributed by atoms with Gasteiger partial charge in [0.05, 0.1) is 11.8 Å². The smallest absolute Gasteiger partial charge is 0.490 e. The fraction of sp³-hybridized carbons (Fsp3) is 0.0625. The first kappa shape index (κ1) is 20.5. The Kier molecular flexibility index (Phi) is 7.14. The molecule has 138 valence electrons. The number of amides is 1. The van der Waals surface area contributed by atoms with Crippen molar-refractivity contribution in [3.05, 3.63) is 59.7 Å². The van der Waals surface area contributed by atoms with E-state index >= 15 is 0 Å². The van der Waals surface area contributed by atoms with Crippen LogP contribution in [0, 0.1) is 0 Å². The highest BCUT2D eigenvalue weighted by Crippen LogP contribution is 2.15. The van der Waals surface area contributed by atoms with Crippen LogP contribution >= 0.6 is 0 Å². The van der Waals surface area contributed by atoms with Crippen LogP contribution < -0.4 is 5.43 Å². The minimum absolute atomic E-state index is 0.0974. The van der Waals surface area contributed by atoms with Crippen molar-refractivity contribution < 1.29 is 38.1 Å². The van der Waals surface area contributed by atoms with Gasteiger partial charge in [-0.05, 0) is 42.0 Å². The number of aliphatic carboxylic acids is 1. The van der Waals surface area contributed by atoms with E-state index in [1.54, 1.807) is 24.3 Å². The lowest BCUT2D eigenvalue weighted by Gasteiger charge is -2.01. The molecule has 26 heavy (non-hydrogen) atoms. The lowest BCUT2D eigenvalue weighted by molar-refractivity contribution is -0.192. The van der Waals surface area contributed by atoms with Gasteiger partial charge in [-0.25, -0.2) is 10.2 Å². The number of nitrogens with zero attached hydrogens (tertiary/aromatic N) is 1. The molecule has 0 saturated carbocycles. The Morgan fingerprint density at radius 2 is 1.54 bits per heavy atom. The number of hydrazone groups is 1. The van der Waals surface area contributed by atoms with E-state index in [1.807, 2.05) is 0 Å². The average molecular weight is 370 g/mol. The quantitative estimate of drug-likeness (QED) is 0.489. The number of rotatable bonds is 3. The number of nitrogens with one attached hydrogen (secondary N) is 1. The van der Waals surface area contributed by atoms with Crippen molar-refractivity contribution in [3.63, 3.8) is 0 Å². The van der Waals surface area contributed by atoms with E-state index in [1.165, 1.54) is 30.5 Å². The van der Waals surface area contributed by atoms with Crippen LogP contribution in [0.3, 0.4) is 0 Å². The summed E-state index contributed by atoms with van der Waals surface area (Å²) in [5, 5.41) is 29.5. The molecule has 10 heteroatoms. The zero-order valence-electron chi connectivity index (χ0n) is 12.9. The molecule has 0 fully saturated rings. The maximum Gasteiger partial charge on any atom is 0.490 e. The standard InChI is InChI=1S/C14H12N2O3.C2HF3O2/c17-11-7-5-10(6-8-11)9-15-16-14(19)12-3-1-2-4-13(12)18;3-2(4,5)1(6)7/h1-9,17-18H,(H,16,19);(H,6,7)/b15-9+;. The number of para-hydroxylation sites is 1. The predicted molar refractivity (Wildman–Crippen MR) is 85.0 cm³/mol. The van der Waals surface area contributed by atoms with Crippen molar-refractivity contribution >= 4 is 18.1 Å². The Morgan fingerprint density at radius 3 is 2.04 bits per heavy atom. The molecular weight excluding hydrogens is 357 g/mol. The Balaban J connectivity index is 0.000000412. The summed E-state index contributed by atoms with van der Waals surface area (Å²) in [6.45, 7) is 0. The molecule has 0 aliphatic heterocycles. The van der Waals surface area contributed by atoms with Crippen molar-refractivity contribution in [2.75, 3.05) is 0 Å². The van der Waals surface area contributed by atoms with Gasteiger partial charge >= 0.3 is 12.1 Å². The number of carbonyl (C=O) groups excluding carboxylic acids is 1. The van der Waals surface area contributed by atoms with Gasteiger partial charge in [0.15, 0.2) is 0 Å². The first-order valence-corrected chi connectivity index (χ1v) is 6.82. The number of phenolic OH excluding ortho intramolecular Hbond substituents is 2. The van der Waals surface area contributed by atoms with Crippen molar-refractivity contribution in [2.24, 2.45) is 5.10 Å². The molecule has 0 aliphatic carbocycles. The predicted octanol–water partition coefficient (Wildman–Crippen LogP) is 2.50. The number of hydrogen-bond acceptors (Lipinski definition) is 5. The van der Waals surface area contributed by atoms with Crippen molar-refractivity contribution in [1.82, 2.24) is 5.43 Å². The summed E-state index contributed by atoms with van der Waals surface area (Å²) in [5.41, 5.74) is 3.20. The molecule has 7 nitrogen and oxygen atoms in total. The Morgan fingerprint density at radius 1 is 1.00 bits per heavy atom. The van der Waals surface area contributed by atoms with Crippen LogP contribution in [0.4, 0.5) is 13.2 Å². The van der Waals surface area contributed by atoms with E-state index in [0.29, 0.717) is 0 Å². The number of alkyl halides is 3. The molecular formula is C16H13F3N2O5. The summed E-state index contributed by atoms with van der Waals surface area (Å²) in [7, 11) is 0. The number of benzene rings is 2. The van der Waals surface area contributed by atoms with Gasteiger partial charge in [-0.15, -0.1) is 0 Å². The molecule has 0 heterocycles. The van der Waals surface area contributed by atoms with Gasteiger partial charge in [-0.1, -0.05) is 12.1 Å². The zero-order chi connectivity index (χ0) is 19.7. The normalized spacial score (nSPS) is 10.7. The van der Waals surface area contributed by atoms with E-state index < -0.39 is 18.1 Å². The van der Waals surface area contributed by atoms with Crippen LogP contribution in [-0.4, -0.2) is 39.6 Å². The monoisotopic (exact) mass is 370 g/mol. The molecule has 1 amide bonds. The van der Waals surface area contributed by atoms with Crippen LogP contribution in [0.1, 0.15) is 15.9 Å². The van der Waals surface area contributed by atoms with Crippen LogP contribution in [0.15, 0.2) is 53.6 Å². The largest absolute Gasteiger partial charge is 0.508 e. The van der Waals surface area contributed by atoms with Crippen LogP contribution in [-0.2, 0) is 4.79 Å². The highest BCUT2D eigenvalue weighted by molar-refractivity contribution is 5.97. The first-order valence-electron chi connectivity index (χ1n) is 6.82. The van der Waals surface area contributed by atoms with E-state index in [4.69, 9.17) is 15.0 Å². The highest BCUT2D eigenvalue weighted by atomic mass is 19.4. The van der Waals surface area contributed by atoms with Gasteiger partial charge in [0.25, 0.3) is 5.91 Å². The number of carboxylic acid groups (broad SMARTS) is 1. The van der Waals surface area contributed by atoms with Crippen LogP contribution in [0.2, 0.25) is 0 Å². The molecule has 0 aromatic heterocycles. The minimum atomic E-state index is -5.08. The Bertz CT molecular complexity index is 789. The zero-order valence-corrected chi connectivity index (χ0v) is 12.9. The highest BCUT2D eigenvalue weighted by Gasteiger charge is 2.38. The molecule has 0 saturated heterocycles. The topological polar surface area (TPSA) is 119 Å². The third-order valence-corrected chi connectivity index (χ3v) is 2.66. The first-order chi connectivity index (χ1) is 12.1. The summed E-state index contributed by atoms with van der Waals surface area (Å²) in [4.78, 5) is 20.6. The van der Waals surface area contributed by atoms with E-state index in [-0.39, 0.29) is 17.1 Å². The van der Waals surface area contributed by atoms with Crippen LogP contribution in [0.25, 0.3) is 0 Å². The molecule has 0 spiro atoms. The lowest BCUT2D eigenvalue weighted by atomic mass is 10.2. The van der Waals surface area contributed by atoms with E-state index in [0.717, 1.165) is 5.56 Å².